The number of aromatic nitrogens is 2. The van der Waals surface area contributed by atoms with E-state index in [0.717, 1.165) is 23.4 Å². The molecule has 28 heavy (non-hydrogen) atoms. The SMILES string of the molecule is COc1ccc(-c2nnc(NC(=O)/C=C/c3ccc(C(F)(F)F)cc3)s2)cc1. The number of hydrogen-bond acceptors (Lipinski definition) is 5. The minimum Gasteiger partial charge on any atom is -0.497 e. The van der Waals surface area contributed by atoms with Crippen LogP contribution < -0.4 is 10.1 Å². The Morgan fingerprint density at radius 3 is 2.36 bits per heavy atom. The third-order valence-electron chi connectivity index (χ3n) is 3.66. The summed E-state index contributed by atoms with van der Waals surface area (Å²) in [6.45, 7) is 0. The van der Waals surface area contributed by atoms with Gasteiger partial charge in [0, 0.05) is 11.6 Å². The zero-order valence-electron chi connectivity index (χ0n) is 14.5. The van der Waals surface area contributed by atoms with Crippen molar-refractivity contribution >= 4 is 28.5 Å². The second kappa shape index (κ2) is 8.22. The van der Waals surface area contributed by atoms with Crippen molar-refractivity contribution in [2.45, 2.75) is 6.18 Å². The van der Waals surface area contributed by atoms with Crippen molar-refractivity contribution in [2.24, 2.45) is 0 Å². The molecule has 0 unspecified atom stereocenters. The van der Waals surface area contributed by atoms with Crippen molar-refractivity contribution in [2.75, 3.05) is 12.4 Å². The third-order valence-corrected chi connectivity index (χ3v) is 4.55. The number of benzene rings is 2. The first-order valence-corrected chi connectivity index (χ1v) is 8.81. The van der Waals surface area contributed by atoms with E-state index in [1.807, 2.05) is 12.1 Å². The summed E-state index contributed by atoms with van der Waals surface area (Å²) >= 11 is 1.20. The molecule has 2 aromatic carbocycles. The molecule has 0 aliphatic rings. The zero-order valence-corrected chi connectivity index (χ0v) is 15.3. The molecule has 3 rings (SSSR count). The third kappa shape index (κ3) is 4.95. The molecule has 1 heterocycles. The molecule has 0 spiro atoms. The van der Waals surface area contributed by atoms with Gasteiger partial charge in [0.15, 0.2) is 0 Å². The Labute approximate surface area is 162 Å². The van der Waals surface area contributed by atoms with Crippen molar-refractivity contribution in [1.82, 2.24) is 10.2 Å². The summed E-state index contributed by atoms with van der Waals surface area (Å²) in [7, 11) is 1.58. The van der Waals surface area contributed by atoms with Crippen LogP contribution in [0.4, 0.5) is 18.3 Å². The number of ether oxygens (including phenoxy) is 1. The highest BCUT2D eigenvalue weighted by molar-refractivity contribution is 7.18. The first-order valence-electron chi connectivity index (χ1n) is 7.99. The molecule has 5 nitrogen and oxygen atoms in total. The fourth-order valence-electron chi connectivity index (χ4n) is 2.23. The van der Waals surface area contributed by atoms with Crippen LogP contribution in [-0.2, 0) is 11.0 Å². The van der Waals surface area contributed by atoms with Gasteiger partial charge in [-0.25, -0.2) is 0 Å². The quantitative estimate of drug-likeness (QED) is 0.614. The smallest absolute Gasteiger partial charge is 0.416 e. The van der Waals surface area contributed by atoms with Gasteiger partial charge < -0.3 is 4.74 Å². The topological polar surface area (TPSA) is 64.1 Å². The molecular weight excluding hydrogens is 391 g/mol. The van der Waals surface area contributed by atoms with Gasteiger partial charge in [0.25, 0.3) is 0 Å². The van der Waals surface area contributed by atoms with Crippen LogP contribution >= 0.6 is 11.3 Å². The minimum absolute atomic E-state index is 0.313. The normalized spacial score (nSPS) is 11.6. The number of methoxy groups -OCH3 is 1. The molecular formula is C19H14F3N3O2S. The van der Waals surface area contributed by atoms with Gasteiger partial charge in [-0.15, -0.1) is 10.2 Å². The average Bonchev–Trinajstić information content (AvgIpc) is 3.14. The molecule has 0 radical (unpaired) electrons. The number of anilines is 1. The lowest BCUT2D eigenvalue weighted by Crippen LogP contribution is -2.07. The molecule has 0 saturated carbocycles. The van der Waals surface area contributed by atoms with Crippen molar-refractivity contribution in [3.05, 3.63) is 65.7 Å². The van der Waals surface area contributed by atoms with E-state index >= 15 is 0 Å². The average molecular weight is 405 g/mol. The molecule has 144 valence electrons. The highest BCUT2D eigenvalue weighted by Crippen LogP contribution is 2.29. The van der Waals surface area contributed by atoms with Crippen molar-refractivity contribution in [3.8, 4) is 16.3 Å². The Balaban J connectivity index is 1.62. The maximum Gasteiger partial charge on any atom is 0.416 e. The Morgan fingerprint density at radius 1 is 1.07 bits per heavy atom. The number of halogens is 3. The van der Waals surface area contributed by atoms with Gasteiger partial charge in [0.1, 0.15) is 10.8 Å². The summed E-state index contributed by atoms with van der Waals surface area (Å²) in [6.07, 6.45) is -1.75. The van der Waals surface area contributed by atoms with Crippen LogP contribution in [0.2, 0.25) is 0 Å². The Kier molecular flexibility index (Phi) is 5.74. The minimum atomic E-state index is -4.39. The summed E-state index contributed by atoms with van der Waals surface area (Å²) in [5.41, 5.74) is 0.562. The molecule has 1 amide bonds. The lowest BCUT2D eigenvalue weighted by molar-refractivity contribution is -0.137. The fraction of sp³-hybridized carbons (Fsp3) is 0.105. The van der Waals surface area contributed by atoms with Gasteiger partial charge in [-0.05, 0) is 48.0 Å². The monoisotopic (exact) mass is 405 g/mol. The Morgan fingerprint density at radius 2 is 1.75 bits per heavy atom. The molecule has 0 aliphatic carbocycles. The van der Waals surface area contributed by atoms with E-state index in [4.69, 9.17) is 4.74 Å². The largest absolute Gasteiger partial charge is 0.497 e. The molecule has 0 bridgehead atoms. The number of alkyl halides is 3. The summed E-state index contributed by atoms with van der Waals surface area (Å²) in [5, 5.41) is 11.5. The van der Waals surface area contributed by atoms with Gasteiger partial charge in [0.2, 0.25) is 11.0 Å². The van der Waals surface area contributed by atoms with Crippen LogP contribution in [0, 0.1) is 0 Å². The van der Waals surface area contributed by atoms with Crippen LogP contribution in [0.15, 0.2) is 54.6 Å². The number of carbonyl (C=O) groups is 1. The fourth-order valence-corrected chi connectivity index (χ4v) is 2.98. The standard InChI is InChI=1S/C19H14F3N3O2S/c1-27-15-9-5-13(6-10-15)17-24-25-18(28-17)23-16(26)11-4-12-2-7-14(8-3-12)19(20,21)22/h2-11H,1H3,(H,23,25,26)/b11-4+. The van der Waals surface area contributed by atoms with E-state index in [0.29, 0.717) is 15.7 Å². The summed E-state index contributed by atoms with van der Waals surface area (Å²) in [5.74, 6) is 0.257. The van der Waals surface area contributed by atoms with E-state index in [9.17, 15) is 18.0 Å². The number of rotatable bonds is 5. The summed E-state index contributed by atoms with van der Waals surface area (Å²) in [6, 6.07) is 11.8. The Hall–Kier alpha value is -3.20. The predicted molar refractivity (Wildman–Crippen MR) is 101 cm³/mol. The van der Waals surface area contributed by atoms with E-state index < -0.39 is 17.6 Å². The van der Waals surface area contributed by atoms with Crippen molar-refractivity contribution < 1.29 is 22.7 Å². The number of nitrogens with zero attached hydrogens (tertiary/aromatic N) is 2. The van der Waals surface area contributed by atoms with E-state index in [2.05, 4.69) is 15.5 Å². The first-order chi connectivity index (χ1) is 13.3. The highest BCUT2D eigenvalue weighted by atomic mass is 32.1. The number of carbonyl (C=O) groups excluding carboxylic acids is 1. The number of amides is 1. The van der Waals surface area contributed by atoms with Crippen LogP contribution in [-0.4, -0.2) is 23.2 Å². The maximum atomic E-state index is 12.5. The second-order valence-electron chi connectivity index (χ2n) is 5.58. The molecule has 9 heteroatoms. The van der Waals surface area contributed by atoms with Gasteiger partial charge in [-0.1, -0.05) is 23.5 Å². The van der Waals surface area contributed by atoms with Crippen LogP contribution in [0.5, 0.6) is 5.75 Å². The molecule has 3 aromatic rings. The van der Waals surface area contributed by atoms with E-state index in [-0.39, 0.29) is 0 Å². The number of nitrogens with one attached hydrogen (secondary N) is 1. The first kappa shape index (κ1) is 19.6. The molecule has 0 aliphatic heterocycles. The van der Waals surface area contributed by atoms with Crippen LogP contribution in [0.25, 0.3) is 16.6 Å². The molecule has 1 aromatic heterocycles. The van der Waals surface area contributed by atoms with Crippen molar-refractivity contribution in [3.63, 3.8) is 0 Å². The predicted octanol–water partition coefficient (Wildman–Crippen LogP) is 4.88. The lowest BCUT2D eigenvalue weighted by atomic mass is 10.1. The van der Waals surface area contributed by atoms with Gasteiger partial charge in [-0.2, -0.15) is 13.2 Å². The zero-order chi connectivity index (χ0) is 20.1. The van der Waals surface area contributed by atoms with Crippen molar-refractivity contribution in [1.29, 1.82) is 0 Å². The molecule has 1 N–H and O–H groups in total. The van der Waals surface area contributed by atoms with Gasteiger partial charge >= 0.3 is 6.18 Å². The summed E-state index contributed by atoms with van der Waals surface area (Å²) < 4.78 is 42.7. The van der Waals surface area contributed by atoms with E-state index in [1.54, 1.807) is 19.2 Å². The molecule has 0 saturated heterocycles. The summed E-state index contributed by atoms with van der Waals surface area (Å²) in [4.78, 5) is 12.0. The van der Waals surface area contributed by atoms with Crippen LogP contribution in [0.3, 0.4) is 0 Å². The maximum absolute atomic E-state index is 12.5. The highest BCUT2D eigenvalue weighted by Gasteiger charge is 2.29. The van der Waals surface area contributed by atoms with E-state index in [1.165, 1.54) is 35.6 Å². The second-order valence-corrected chi connectivity index (χ2v) is 6.56. The molecule has 0 atom stereocenters. The number of hydrogen-bond donors (Lipinski definition) is 1. The van der Waals surface area contributed by atoms with Gasteiger partial charge in [-0.3, -0.25) is 10.1 Å². The van der Waals surface area contributed by atoms with Crippen LogP contribution in [0.1, 0.15) is 11.1 Å². The molecule has 0 fully saturated rings. The Bertz CT molecular complexity index is 981. The lowest BCUT2D eigenvalue weighted by Gasteiger charge is -2.05. The van der Waals surface area contributed by atoms with Gasteiger partial charge in [0.05, 0.1) is 12.7 Å².